The molecule has 1 aromatic carbocycles. The standard InChI is InChI=1S/C13H18N4O/c1-3-17(4-2)13-15-12(18-16-13)9-10-7-5-6-8-11(10)14/h5-8H,3-4,9,14H2,1-2H3. The summed E-state index contributed by atoms with van der Waals surface area (Å²) >= 11 is 0. The Balaban J connectivity index is 2.14. The van der Waals surface area contributed by atoms with Gasteiger partial charge in [0.2, 0.25) is 5.89 Å². The Morgan fingerprint density at radius 1 is 1.22 bits per heavy atom. The highest BCUT2D eigenvalue weighted by Gasteiger charge is 2.12. The Bertz CT molecular complexity index is 505. The van der Waals surface area contributed by atoms with E-state index in [1.807, 2.05) is 29.2 Å². The van der Waals surface area contributed by atoms with Gasteiger partial charge in [0.25, 0.3) is 5.95 Å². The molecule has 0 spiro atoms. The second kappa shape index (κ2) is 5.53. The number of benzene rings is 1. The number of nitrogen functional groups attached to an aromatic ring is 1. The van der Waals surface area contributed by atoms with Gasteiger partial charge in [-0.25, -0.2) is 0 Å². The molecule has 1 heterocycles. The van der Waals surface area contributed by atoms with E-state index in [9.17, 15) is 0 Å². The van der Waals surface area contributed by atoms with Crippen molar-refractivity contribution in [3.05, 3.63) is 35.7 Å². The summed E-state index contributed by atoms with van der Waals surface area (Å²) in [6.07, 6.45) is 0.570. The van der Waals surface area contributed by atoms with Crippen LogP contribution in [-0.2, 0) is 6.42 Å². The van der Waals surface area contributed by atoms with Crippen molar-refractivity contribution < 1.29 is 4.52 Å². The van der Waals surface area contributed by atoms with E-state index in [1.54, 1.807) is 0 Å². The SMILES string of the molecule is CCN(CC)c1noc(Cc2ccccc2N)n1. The number of nitrogens with zero attached hydrogens (tertiary/aromatic N) is 3. The molecule has 0 saturated carbocycles. The van der Waals surface area contributed by atoms with E-state index in [2.05, 4.69) is 24.0 Å². The fourth-order valence-corrected chi connectivity index (χ4v) is 1.81. The van der Waals surface area contributed by atoms with Crippen LogP contribution in [0.15, 0.2) is 28.8 Å². The zero-order chi connectivity index (χ0) is 13.0. The van der Waals surface area contributed by atoms with Crippen LogP contribution in [0.5, 0.6) is 0 Å². The topological polar surface area (TPSA) is 68.2 Å². The molecule has 18 heavy (non-hydrogen) atoms. The van der Waals surface area contributed by atoms with Gasteiger partial charge in [0.05, 0.1) is 6.42 Å². The summed E-state index contributed by atoms with van der Waals surface area (Å²) in [5.41, 5.74) is 7.64. The molecule has 0 aliphatic carbocycles. The molecule has 0 aliphatic heterocycles. The van der Waals surface area contributed by atoms with Gasteiger partial charge in [-0.1, -0.05) is 18.2 Å². The van der Waals surface area contributed by atoms with Crippen molar-refractivity contribution in [1.82, 2.24) is 10.1 Å². The van der Waals surface area contributed by atoms with Crippen LogP contribution in [0.4, 0.5) is 11.6 Å². The maximum Gasteiger partial charge on any atom is 0.266 e. The van der Waals surface area contributed by atoms with Gasteiger partial charge in [0, 0.05) is 18.8 Å². The summed E-state index contributed by atoms with van der Waals surface area (Å²) in [6, 6.07) is 7.70. The first-order valence-electron chi connectivity index (χ1n) is 6.15. The summed E-state index contributed by atoms with van der Waals surface area (Å²) < 4.78 is 5.25. The summed E-state index contributed by atoms with van der Waals surface area (Å²) in [6.45, 7) is 5.86. The molecule has 2 aromatic rings. The summed E-state index contributed by atoms with van der Waals surface area (Å²) in [5.74, 6) is 1.24. The molecule has 2 rings (SSSR count). The van der Waals surface area contributed by atoms with Crippen LogP contribution in [0.25, 0.3) is 0 Å². The first-order valence-corrected chi connectivity index (χ1v) is 6.15. The van der Waals surface area contributed by atoms with Crippen molar-refractivity contribution >= 4 is 11.6 Å². The first kappa shape index (κ1) is 12.4. The highest BCUT2D eigenvalue weighted by molar-refractivity contribution is 5.47. The van der Waals surface area contributed by atoms with Crippen LogP contribution < -0.4 is 10.6 Å². The molecule has 0 bridgehead atoms. The first-order chi connectivity index (χ1) is 8.74. The van der Waals surface area contributed by atoms with E-state index in [4.69, 9.17) is 10.3 Å². The van der Waals surface area contributed by atoms with E-state index in [1.165, 1.54) is 0 Å². The van der Waals surface area contributed by atoms with Crippen molar-refractivity contribution in [3.63, 3.8) is 0 Å². The van der Waals surface area contributed by atoms with Crippen molar-refractivity contribution in [2.75, 3.05) is 23.7 Å². The summed E-state index contributed by atoms with van der Waals surface area (Å²) in [7, 11) is 0. The predicted molar refractivity (Wildman–Crippen MR) is 71.5 cm³/mol. The third-order valence-electron chi connectivity index (χ3n) is 2.90. The van der Waals surface area contributed by atoms with Gasteiger partial charge in [-0.15, -0.1) is 0 Å². The molecule has 2 N–H and O–H groups in total. The molecule has 0 fully saturated rings. The fourth-order valence-electron chi connectivity index (χ4n) is 1.81. The Labute approximate surface area is 107 Å². The number of hydrogen-bond acceptors (Lipinski definition) is 5. The normalized spacial score (nSPS) is 10.6. The molecule has 0 aliphatic rings. The largest absolute Gasteiger partial charge is 0.398 e. The molecule has 0 unspecified atom stereocenters. The van der Waals surface area contributed by atoms with Gasteiger partial charge in [-0.2, -0.15) is 4.98 Å². The van der Waals surface area contributed by atoms with Gasteiger partial charge < -0.3 is 15.2 Å². The Morgan fingerprint density at radius 2 is 1.94 bits per heavy atom. The number of rotatable bonds is 5. The molecule has 0 atom stereocenters. The van der Waals surface area contributed by atoms with Crippen LogP contribution in [0.1, 0.15) is 25.3 Å². The van der Waals surface area contributed by atoms with Gasteiger partial charge in [-0.3, -0.25) is 0 Å². The average molecular weight is 246 g/mol. The number of aromatic nitrogens is 2. The van der Waals surface area contributed by atoms with Gasteiger partial charge in [-0.05, 0) is 30.6 Å². The lowest BCUT2D eigenvalue weighted by Crippen LogP contribution is -2.22. The Hall–Kier alpha value is -2.04. The molecular weight excluding hydrogens is 228 g/mol. The lowest BCUT2D eigenvalue weighted by atomic mass is 10.1. The van der Waals surface area contributed by atoms with Gasteiger partial charge in [0.15, 0.2) is 0 Å². The molecule has 5 nitrogen and oxygen atoms in total. The van der Waals surface area contributed by atoms with Crippen molar-refractivity contribution in [1.29, 1.82) is 0 Å². The molecular formula is C13H18N4O. The maximum atomic E-state index is 5.89. The van der Waals surface area contributed by atoms with Crippen LogP contribution in [0, 0.1) is 0 Å². The van der Waals surface area contributed by atoms with E-state index >= 15 is 0 Å². The lowest BCUT2D eigenvalue weighted by Gasteiger charge is -2.14. The molecule has 0 radical (unpaired) electrons. The quantitative estimate of drug-likeness (QED) is 0.818. The maximum absolute atomic E-state index is 5.89. The Morgan fingerprint density at radius 3 is 2.61 bits per heavy atom. The van der Waals surface area contributed by atoms with Crippen LogP contribution in [0.2, 0.25) is 0 Å². The highest BCUT2D eigenvalue weighted by atomic mass is 16.5. The highest BCUT2D eigenvalue weighted by Crippen LogP contribution is 2.16. The van der Waals surface area contributed by atoms with Crippen LogP contribution in [-0.4, -0.2) is 23.2 Å². The number of para-hydroxylation sites is 1. The minimum absolute atomic E-state index is 0.570. The van der Waals surface area contributed by atoms with Crippen molar-refractivity contribution in [2.24, 2.45) is 0 Å². The zero-order valence-electron chi connectivity index (χ0n) is 10.8. The van der Waals surface area contributed by atoms with E-state index in [0.717, 1.165) is 24.3 Å². The minimum atomic E-state index is 0.570. The van der Waals surface area contributed by atoms with Crippen molar-refractivity contribution in [2.45, 2.75) is 20.3 Å². The molecule has 0 amide bonds. The zero-order valence-corrected chi connectivity index (χ0v) is 10.8. The third-order valence-corrected chi connectivity index (χ3v) is 2.90. The smallest absolute Gasteiger partial charge is 0.266 e. The molecule has 96 valence electrons. The second-order valence-electron chi connectivity index (χ2n) is 4.04. The molecule has 5 heteroatoms. The Kier molecular flexibility index (Phi) is 3.82. The predicted octanol–water partition coefficient (Wildman–Crippen LogP) is 2.09. The van der Waals surface area contributed by atoms with Gasteiger partial charge in [0.1, 0.15) is 0 Å². The monoisotopic (exact) mass is 246 g/mol. The number of hydrogen-bond donors (Lipinski definition) is 1. The molecule has 1 aromatic heterocycles. The summed E-state index contributed by atoms with van der Waals surface area (Å²) in [5, 5.41) is 3.98. The van der Waals surface area contributed by atoms with E-state index in [0.29, 0.717) is 18.3 Å². The number of anilines is 2. The lowest BCUT2D eigenvalue weighted by molar-refractivity contribution is 0.384. The fraction of sp³-hybridized carbons (Fsp3) is 0.385. The van der Waals surface area contributed by atoms with E-state index < -0.39 is 0 Å². The summed E-state index contributed by atoms with van der Waals surface area (Å²) in [4.78, 5) is 6.42. The van der Waals surface area contributed by atoms with Crippen LogP contribution >= 0.6 is 0 Å². The molecule has 0 saturated heterocycles. The second-order valence-corrected chi connectivity index (χ2v) is 4.04. The third kappa shape index (κ3) is 2.61. The average Bonchev–Trinajstić information content (AvgIpc) is 2.82. The minimum Gasteiger partial charge on any atom is -0.398 e. The number of nitrogens with two attached hydrogens (primary N) is 1. The van der Waals surface area contributed by atoms with Gasteiger partial charge >= 0.3 is 0 Å². The van der Waals surface area contributed by atoms with Crippen LogP contribution in [0.3, 0.4) is 0 Å². The van der Waals surface area contributed by atoms with Crippen molar-refractivity contribution in [3.8, 4) is 0 Å². The van der Waals surface area contributed by atoms with E-state index in [-0.39, 0.29) is 0 Å².